The maximum absolute atomic E-state index is 9.11. The minimum atomic E-state index is -0.691. The normalized spacial score (nSPS) is 18.9. The van der Waals surface area contributed by atoms with E-state index in [0.29, 0.717) is 5.92 Å². The average molecular weight is 185 g/mol. The van der Waals surface area contributed by atoms with Gasteiger partial charge in [0, 0.05) is 7.11 Å². The first kappa shape index (κ1) is 11.7. The van der Waals surface area contributed by atoms with Gasteiger partial charge in [-0.3, -0.25) is 0 Å². The van der Waals surface area contributed by atoms with Gasteiger partial charge in [-0.2, -0.15) is 5.26 Å². The van der Waals surface area contributed by atoms with E-state index in [4.69, 9.17) is 9.69 Å². The van der Waals surface area contributed by atoms with E-state index in [9.17, 15) is 0 Å². The van der Waals surface area contributed by atoms with Crippen molar-refractivity contribution in [1.29, 1.82) is 5.26 Å². The molecule has 0 aliphatic carbocycles. The molecule has 2 unspecified atom stereocenters. The molecule has 0 aromatic rings. The molecule has 0 aromatic heterocycles. The highest BCUT2D eigenvalue weighted by Crippen LogP contribution is 2.39. The highest BCUT2D eigenvalue weighted by Gasteiger charge is 2.34. The largest absolute Gasteiger partial charge is 0.426 e. The zero-order chi connectivity index (χ0) is 9.61. The Morgan fingerprint density at radius 3 is 2.42 bits per heavy atom. The first-order valence-corrected chi connectivity index (χ1v) is 5.85. The number of hydrogen-bond donors (Lipinski definition) is 0. The maximum Gasteiger partial charge on any atom is 0.181 e. The molecule has 12 heavy (non-hydrogen) atoms. The van der Waals surface area contributed by atoms with Crippen molar-refractivity contribution in [1.82, 2.24) is 0 Å². The third kappa shape index (κ3) is 2.33. The smallest absolute Gasteiger partial charge is 0.181 e. The summed E-state index contributed by atoms with van der Waals surface area (Å²) in [7, 11) is 1.03. The van der Waals surface area contributed by atoms with Gasteiger partial charge in [-0.15, -0.1) is 0 Å². The topological polar surface area (TPSA) is 33.0 Å². The maximum atomic E-state index is 9.11. The second-order valence-electron chi connectivity index (χ2n) is 3.36. The van der Waals surface area contributed by atoms with Crippen LogP contribution >= 0.6 is 0 Å². The summed E-state index contributed by atoms with van der Waals surface area (Å²) in [5, 5.41) is 8.98. The molecule has 2 nitrogen and oxygen atoms in total. The van der Waals surface area contributed by atoms with Crippen LogP contribution in [-0.2, 0) is 4.43 Å². The molecule has 3 heteroatoms. The highest BCUT2D eigenvalue weighted by atomic mass is 28.2. The van der Waals surface area contributed by atoms with E-state index in [1.807, 2.05) is 0 Å². The van der Waals surface area contributed by atoms with Crippen molar-refractivity contribution in [2.24, 2.45) is 5.92 Å². The molecule has 0 fully saturated rings. The Hall–Kier alpha value is -0.333. The molecule has 0 saturated carbocycles. The Morgan fingerprint density at radius 2 is 2.17 bits per heavy atom. The van der Waals surface area contributed by atoms with Gasteiger partial charge in [-0.25, -0.2) is 0 Å². The van der Waals surface area contributed by atoms with Gasteiger partial charge in [0.05, 0.1) is 11.1 Å². The van der Waals surface area contributed by atoms with Crippen LogP contribution in [0.15, 0.2) is 0 Å². The Bertz CT molecular complexity index is 166. The van der Waals surface area contributed by atoms with Crippen LogP contribution < -0.4 is 0 Å². The van der Waals surface area contributed by atoms with Crippen LogP contribution in [0.4, 0.5) is 0 Å². The third-order valence-corrected chi connectivity index (χ3v) is 4.97. The molecule has 0 amide bonds. The minimum Gasteiger partial charge on any atom is -0.426 e. The van der Waals surface area contributed by atoms with Crippen LogP contribution in [0.1, 0.15) is 33.6 Å². The predicted octanol–water partition coefficient (Wildman–Crippen LogP) is 1.85. The Labute approximate surface area is 77.9 Å². The summed E-state index contributed by atoms with van der Waals surface area (Å²) in [6.45, 7) is 6.37. The molecule has 0 heterocycles. The molecule has 0 bridgehead atoms. The third-order valence-electron chi connectivity index (χ3n) is 2.81. The van der Waals surface area contributed by atoms with Crippen LogP contribution in [-0.4, -0.2) is 16.9 Å². The Morgan fingerprint density at radius 1 is 1.58 bits per heavy atom. The molecule has 70 valence electrons. The lowest BCUT2D eigenvalue weighted by Gasteiger charge is -2.29. The van der Waals surface area contributed by atoms with Crippen LogP contribution in [0.25, 0.3) is 0 Å². The quantitative estimate of drug-likeness (QED) is 0.612. The van der Waals surface area contributed by atoms with Gasteiger partial charge in [0.15, 0.2) is 9.76 Å². The van der Waals surface area contributed by atoms with Gasteiger partial charge in [0.2, 0.25) is 0 Å². The Balaban J connectivity index is 4.47. The molecular formula is C9H19NOSi. The Kier molecular flexibility index (Phi) is 5.19. The van der Waals surface area contributed by atoms with E-state index in [1.54, 1.807) is 7.11 Å². The lowest BCUT2D eigenvalue weighted by atomic mass is 9.89. The van der Waals surface area contributed by atoms with Crippen LogP contribution in [0, 0.1) is 17.2 Å². The molecule has 0 aliphatic heterocycles. The molecule has 0 N–H and O–H groups in total. The fourth-order valence-corrected chi connectivity index (χ4v) is 2.82. The van der Waals surface area contributed by atoms with E-state index in [-0.39, 0.29) is 5.04 Å². The molecule has 2 atom stereocenters. The van der Waals surface area contributed by atoms with Crippen LogP contribution in [0.3, 0.4) is 0 Å². The van der Waals surface area contributed by atoms with Crippen molar-refractivity contribution in [2.45, 2.75) is 38.7 Å². The number of hydrogen-bond acceptors (Lipinski definition) is 2. The summed E-state index contributed by atoms with van der Waals surface area (Å²) >= 11 is 0. The van der Waals surface area contributed by atoms with Crippen LogP contribution in [0.2, 0.25) is 5.04 Å². The molecule has 0 saturated heterocycles. The lowest BCUT2D eigenvalue weighted by Crippen LogP contribution is -2.26. The van der Waals surface area contributed by atoms with Gasteiger partial charge in [0.25, 0.3) is 0 Å². The number of nitriles is 1. The monoisotopic (exact) mass is 185 g/mol. The second-order valence-corrected chi connectivity index (χ2v) is 5.49. The summed E-state index contributed by atoms with van der Waals surface area (Å²) in [4.78, 5) is 0. The van der Waals surface area contributed by atoms with Gasteiger partial charge in [-0.05, 0) is 12.3 Å². The molecule has 0 aliphatic rings. The summed E-state index contributed by atoms with van der Waals surface area (Å²) < 4.78 is 5.23. The van der Waals surface area contributed by atoms with E-state index < -0.39 is 9.76 Å². The summed E-state index contributed by atoms with van der Waals surface area (Å²) in [6.07, 6.45) is 2.00. The molecule has 0 rings (SSSR count). The van der Waals surface area contributed by atoms with Crippen molar-refractivity contribution < 1.29 is 4.43 Å². The fraction of sp³-hybridized carbons (Fsp3) is 0.889. The van der Waals surface area contributed by atoms with Gasteiger partial charge in [-0.1, -0.05) is 27.2 Å². The molecular weight excluding hydrogens is 166 g/mol. The second kappa shape index (κ2) is 5.34. The fourth-order valence-electron chi connectivity index (χ4n) is 1.46. The van der Waals surface area contributed by atoms with Gasteiger partial charge >= 0.3 is 0 Å². The summed E-state index contributed by atoms with van der Waals surface area (Å²) in [6, 6.07) is 2.45. The predicted molar refractivity (Wildman–Crippen MR) is 53.6 cm³/mol. The minimum absolute atomic E-state index is 0.135. The zero-order valence-corrected chi connectivity index (χ0v) is 9.97. The summed E-state index contributed by atoms with van der Waals surface area (Å²) in [5.41, 5.74) is 0. The van der Waals surface area contributed by atoms with E-state index in [1.165, 1.54) is 0 Å². The van der Waals surface area contributed by atoms with E-state index >= 15 is 0 Å². The standard InChI is InChI=1S/C9H19NOSi/c1-5-8(3)9(6-2,7-10)12-11-4/h8H,5-6,12H2,1-4H3. The van der Waals surface area contributed by atoms with Gasteiger partial charge < -0.3 is 4.43 Å². The average Bonchev–Trinajstić information content (AvgIpc) is 2.13. The molecule has 0 spiro atoms. The van der Waals surface area contributed by atoms with Crippen molar-refractivity contribution in [3.8, 4) is 6.07 Å². The van der Waals surface area contributed by atoms with Crippen molar-refractivity contribution in [2.75, 3.05) is 7.11 Å². The molecule has 0 radical (unpaired) electrons. The van der Waals surface area contributed by atoms with Crippen LogP contribution in [0.5, 0.6) is 0 Å². The zero-order valence-electron chi connectivity index (χ0n) is 8.55. The van der Waals surface area contributed by atoms with Crippen molar-refractivity contribution in [3.05, 3.63) is 0 Å². The lowest BCUT2D eigenvalue weighted by molar-refractivity contribution is 0.357. The van der Waals surface area contributed by atoms with Crippen molar-refractivity contribution in [3.63, 3.8) is 0 Å². The molecule has 0 aromatic carbocycles. The number of rotatable bonds is 5. The summed E-state index contributed by atoms with van der Waals surface area (Å²) in [5.74, 6) is 0.471. The first-order valence-electron chi connectivity index (χ1n) is 4.57. The highest BCUT2D eigenvalue weighted by molar-refractivity contribution is 6.34. The van der Waals surface area contributed by atoms with E-state index in [0.717, 1.165) is 12.8 Å². The first-order chi connectivity index (χ1) is 5.66. The number of nitrogens with zero attached hydrogens (tertiary/aromatic N) is 1. The van der Waals surface area contributed by atoms with Gasteiger partial charge in [0.1, 0.15) is 0 Å². The van der Waals surface area contributed by atoms with E-state index in [2.05, 4.69) is 26.8 Å². The van der Waals surface area contributed by atoms with Crippen molar-refractivity contribution >= 4 is 9.76 Å². The SMILES string of the molecule is CCC(C)C(C#N)(CC)[SiH2]OC.